The summed E-state index contributed by atoms with van der Waals surface area (Å²) in [6, 6.07) is 7.10. The fraction of sp³-hybridized carbons (Fsp3) is 0.200. The van der Waals surface area contributed by atoms with E-state index in [1.807, 2.05) is 0 Å². The van der Waals surface area contributed by atoms with Gasteiger partial charge in [0.1, 0.15) is 16.5 Å². The third kappa shape index (κ3) is 3.88. The third-order valence-electron chi connectivity index (χ3n) is 4.33. The minimum absolute atomic E-state index is 0.198. The van der Waals surface area contributed by atoms with Gasteiger partial charge in [0.15, 0.2) is 0 Å². The number of anilines is 1. The van der Waals surface area contributed by atoms with E-state index in [4.69, 9.17) is 8.83 Å². The zero-order valence-corrected chi connectivity index (χ0v) is 15.3. The molecule has 0 atom stereocenters. The summed E-state index contributed by atoms with van der Waals surface area (Å²) in [5.74, 6) is 0.778. The number of carbonyl (C=O) groups is 2. The Morgan fingerprint density at radius 3 is 2.78 bits per heavy atom. The Balaban J connectivity index is 1.50. The van der Waals surface area contributed by atoms with Crippen LogP contribution < -0.4 is 10.6 Å². The van der Waals surface area contributed by atoms with Gasteiger partial charge in [-0.15, -0.1) is 11.3 Å². The molecule has 0 fully saturated rings. The van der Waals surface area contributed by atoms with Crippen LogP contribution in [0.2, 0.25) is 0 Å². The highest BCUT2D eigenvalue weighted by molar-refractivity contribution is 7.17. The van der Waals surface area contributed by atoms with Gasteiger partial charge < -0.3 is 19.5 Å². The predicted octanol–water partition coefficient (Wildman–Crippen LogP) is 4.00. The molecule has 27 heavy (non-hydrogen) atoms. The van der Waals surface area contributed by atoms with Crippen LogP contribution in [-0.2, 0) is 24.2 Å². The zero-order chi connectivity index (χ0) is 18.6. The first-order chi connectivity index (χ1) is 13.2. The van der Waals surface area contributed by atoms with Gasteiger partial charge in [-0.2, -0.15) is 0 Å². The molecule has 0 unspecified atom stereocenters. The van der Waals surface area contributed by atoms with Crippen LogP contribution in [-0.4, -0.2) is 11.8 Å². The van der Waals surface area contributed by atoms with E-state index in [1.165, 1.54) is 22.3 Å². The molecule has 0 aliphatic heterocycles. The minimum atomic E-state index is -0.300. The second-order valence-electron chi connectivity index (χ2n) is 6.16. The Morgan fingerprint density at radius 1 is 1.15 bits per heavy atom. The van der Waals surface area contributed by atoms with Crippen LogP contribution in [0.5, 0.6) is 0 Å². The molecule has 3 aromatic heterocycles. The van der Waals surface area contributed by atoms with E-state index in [0.29, 0.717) is 28.6 Å². The number of fused-ring (bicyclic) bond motifs is 1. The molecule has 1 aliphatic carbocycles. The second-order valence-corrected chi connectivity index (χ2v) is 7.27. The standard InChI is InChI=1S/C20H18N2O4S/c23-17(9-8-13-4-2-10-25-13)22-20-18(15-6-1-7-16(15)27-20)19(24)21-12-14-5-3-11-26-14/h2-5,8-11H,1,6-7,12H2,(H,21,24)(H,22,23). The normalized spacial score (nSPS) is 13.0. The molecule has 0 spiro atoms. The molecule has 0 radical (unpaired) electrons. The fourth-order valence-corrected chi connectivity index (χ4v) is 4.39. The molecule has 3 aromatic rings. The molecule has 0 saturated carbocycles. The quantitative estimate of drug-likeness (QED) is 0.631. The van der Waals surface area contributed by atoms with E-state index < -0.39 is 0 Å². The molecular weight excluding hydrogens is 364 g/mol. The fourth-order valence-electron chi connectivity index (χ4n) is 3.10. The van der Waals surface area contributed by atoms with Crippen LogP contribution in [0.3, 0.4) is 0 Å². The highest BCUT2D eigenvalue weighted by atomic mass is 32.1. The lowest BCUT2D eigenvalue weighted by atomic mass is 10.1. The van der Waals surface area contributed by atoms with E-state index >= 15 is 0 Å². The Bertz CT molecular complexity index is 968. The maximum absolute atomic E-state index is 12.8. The number of carbonyl (C=O) groups excluding carboxylic acids is 2. The minimum Gasteiger partial charge on any atom is -0.467 e. The van der Waals surface area contributed by atoms with Gasteiger partial charge in [-0.05, 0) is 55.2 Å². The van der Waals surface area contributed by atoms with Crippen LogP contribution >= 0.6 is 11.3 Å². The van der Waals surface area contributed by atoms with Crippen molar-refractivity contribution in [2.75, 3.05) is 5.32 Å². The Morgan fingerprint density at radius 2 is 2.00 bits per heavy atom. The van der Waals surface area contributed by atoms with Gasteiger partial charge in [0, 0.05) is 11.0 Å². The van der Waals surface area contributed by atoms with Crippen molar-refractivity contribution in [1.82, 2.24) is 5.32 Å². The van der Waals surface area contributed by atoms with Crippen molar-refractivity contribution in [3.63, 3.8) is 0 Å². The molecule has 0 aromatic carbocycles. The topological polar surface area (TPSA) is 84.5 Å². The molecular formula is C20H18N2O4S. The molecule has 1 aliphatic rings. The third-order valence-corrected chi connectivity index (χ3v) is 5.54. The number of hydrogen-bond donors (Lipinski definition) is 2. The van der Waals surface area contributed by atoms with E-state index in [9.17, 15) is 9.59 Å². The van der Waals surface area contributed by atoms with Crippen molar-refractivity contribution in [1.29, 1.82) is 0 Å². The summed E-state index contributed by atoms with van der Waals surface area (Å²) in [6.45, 7) is 0.308. The predicted molar refractivity (Wildman–Crippen MR) is 103 cm³/mol. The van der Waals surface area contributed by atoms with E-state index in [1.54, 1.807) is 42.9 Å². The first-order valence-electron chi connectivity index (χ1n) is 8.68. The van der Waals surface area contributed by atoms with Crippen molar-refractivity contribution >= 4 is 34.2 Å². The average molecular weight is 382 g/mol. The van der Waals surface area contributed by atoms with Crippen molar-refractivity contribution in [3.05, 3.63) is 70.4 Å². The largest absolute Gasteiger partial charge is 0.467 e. The molecule has 7 heteroatoms. The van der Waals surface area contributed by atoms with Gasteiger partial charge in [0.25, 0.3) is 5.91 Å². The van der Waals surface area contributed by atoms with Gasteiger partial charge in [-0.1, -0.05) is 0 Å². The average Bonchev–Trinajstić information content (AvgIpc) is 3.43. The summed E-state index contributed by atoms with van der Waals surface area (Å²) >= 11 is 1.48. The number of amides is 2. The molecule has 138 valence electrons. The molecule has 0 bridgehead atoms. The first-order valence-corrected chi connectivity index (χ1v) is 9.50. The van der Waals surface area contributed by atoms with Gasteiger partial charge >= 0.3 is 0 Å². The molecule has 6 nitrogen and oxygen atoms in total. The monoisotopic (exact) mass is 382 g/mol. The SMILES string of the molecule is O=C(C=Cc1ccco1)Nc1sc2c(c1C(=O)NCc1ccco1)CCC2. The summed E-state index contributed by atoms with van der Waals surface area (Å²) in [5.41, 5.74) is 1.61. The van der Waals surface area contributed by atoms with E-state index in [2.05, 4.69) is 10.6 Å². The molecule has 0 saturated heterocycles. The summed E-state index contributed by atoms with van der Waals surface area (Å²) in [6.07, 6.45) is 8.93. The zero-order valence-electron chi connectivity index (χ0n) is 14.5. The number of furan rings is 2. The first kappa shape index (κ1) is 17.4. The van der Waals surface area contributed by atoms with Crippen LogP contribution in [0.4, 0.5) is 5.00 Å². The van der Waals surface area contributed by atoms with Gasteiger partial charge in [0.2, 0.25) is 5.91 Å². The van der Waals surface area contributed by atoms with Crippen LogP contribution in [0.25, 0.3) is 6.08 Å². The van der Waals surface area contributed by atoms with Crippen molar-refractivity contribution in [2.24, 2.45) is 0 Å². The summed E-state index contributed by atoms with van der Waals surface area (Å²) in [7, 11) is 0. The number of nitrogens with one attached hydrogen (secondary N) is 2. The van der Waals surface area contributed by atoms with Crippen LogP contribution in [0.15, 0.2) is 51.7 Å². The van der Waals surface area contributed by atoms with Crippen LogP contribution in [0.1, 0.15) is 38.7 Å². The number of hydrogen-bond acceptors (Lipinski definition) is 5. The number of thiophene rings is 1. The van der Waals surface area contributed by atoms with Crippen molar-refractivity contribution in [2.45, 2.75) is 25.8 Å². The maximum atomic E-state index is 12.8. The summed E-state index contributed by atoms with van der Waals surface area (Å²) in [4.78, 5) is 26.2. The Kier molecular flexibility index (Phi) is 4.93. The van der Waals surface area contributed by atoms with E-state index in [-0.39, 0.29) is 11.8 Å². The summed E-state index contributed by atoms with van der Waals surface area (Å²) in [5, 5.41) is 6.31. The van der Waals surface area contributed by atoms with Gasteiger partial charge in [-0.25, -0.2) is 0 Å². The smallest absolute Gasteiger partial charge is 0.254 e. The summed E-state index contributed by atoms with van der Waals surface area (Å²) < 4.78 is 10.4. The van der Waals surface area contributed by atoms with Gasteiger partial charge in [0.05, 0.1) is 24.6 Å². The van der Waals surface area contributed by atoms with E-state index in [0.717, 1.165) is 24.8 Å². The molecule has 3 heterocycles. The number of rotatable bonds is 6. The Hall–Kier alpha value is -3.06. The van der Waals surface area contributed by atoms with Crippen molar-refractivity contribution in [3.8, 4) is 0 Å². The highest BCUT2D eigenvalue weighted by Gasteiger charge is 2.27. The highest BCUT2D eigenvalue weighted by Crippen LogP contribution is 2.39. The second kappa shape index (κ2) is 7.67. The Labute approximate surface area is 159 Å². The number of aryl methyl sites for hydroxylation is 1. The maximum Gasteiger partial charge on any atom is 0.254 e. The lowest BCUT2D eigenvalue weighted by Crippen LogP contribution is -2.24. The lowest BCUT2D eigenvalue weighted by molar-refractivity contribution is -0.111. The molecule has 2 N–H and O–H groups in total. The van der Waals surface area contributed by atoms with Crippen LogP contribution in [0, 0.1) is 0 Å². The lowest BCUT2D eigenvalue weighted by Gasteiger charge is -2.08. The van der Waals surface area contributed by atoms with Crippen molar-refractivity contribution < 1.29 is 18.4 Å². The molecule has 4 rings (SSSR count). The molecule has 2 amide bonds. The van der Waals surface area contributed by atoms with Gasteiger partial charge in [-0.3, -0.25) is 9.59 Å².